The van der Waals surface area contributed by atoms with Crippen molar-refractivity contribution in [1.82, 2.24) is 9.55 Å². The van der Waals surface area contributed by atoms with Crippen LogP contribution in [0.2, 0.25) is 0 Å². The standard InChI is InChI=1S/C17H23N3O/c18-10-9-14-5-1-3-7-16(14)21-17-8-4-2-6-15(17)20-12-11-19-13-20/h1,3,5,7,11-13,15,17H,2,4,6,8-10,18H2. The minimum Gasteiger partial charge on any atom is -0.488 e. The molecule has 1 aromatic carbocycles. The normalized spacial score (nSPS) is 22.1. The van der Waals surface area contributed by atoms with E-state index in [9.17, 15) is 0 Å². The Morgan fingerprint density at radius 1 is 1.24 bits per heavy atom. The van der Waals surface area contributed by atoms with Crippen molar-refractivity contribution in [3.8, 4) is 5.75 Å². The van der Waals surface area contributed by atoms with Crippen LogP contribution in [0.5, 0.6) is 5.75 Å². The van der Waals surface area contributed by atoms with Gasteiger partial charge in [0, 0.05) is 12.4 Å². The molecule has 1 aliphatic rings. The number of aromatic nitrogens is 2. The van der Waals surface area contributed by atoms with Gasteiger partial charge >= 0.3 is 0 Å². The van der Waals surface area contributed by atoms with Crippen molar-refractivity contribution in [3.63, 3.8) is 0 Å². The van der Waals surface area contributed by atoms with Gasteiger partial charge in [-0.3, -0.25) is 0 Å². The molecule has 1 aliphatic carbocycles. The Morgan fingerprint density at radius 3 is 2.90 bits per heavy atom. The van der Waals surface area contributed by atoms with E-state index >= 15 is 0 Å². The maximum atomic E-state index is 6.37. The molecule has 0 amide bonds. The van der Waals surface area contributed by atoms with Gasteiger partial charge in [0.1, 0.15) is 11.9 Å². The molecule has 2 unspecified atom stereocenters. The molecule has 0 aliphatic heterocycles. The fourth-order valence-electron chi connectivity index (χ4n) is 3.17. The molecule has 2 N–H and O–H groups in total. The highest BCUT2D eigenvalue weighted by atomic mass is 16.5. The molecule has 112 valence electrons. The third-order valence-electron chi connectivity index (χ3n) is 4.24. The van der Waals surface area contributed by atoms with Crippen LogP contribution in [0.4, 0.5) is 0 Å². The lowest BCUT2D eigenvalue weighted by atomic mass is 9.92. The topological polar surface area (TPSA) is 53.1 Å². The van der Waals surface area contributed by atoms with E-state index in [1.54, 1.807) is 0 Å². The quantitative estimate of drug-likeness (QED) is 0.919. The maximum absolute atomic E-state index is 6.37. The van der Waals surface area contributed by atoms with Gasteiger partial charge in [0.2, 0.25) is 0 Å². The number of para-hydroxylation sites is 1. The van der Waals surface area contributed by atoms with E-state index in [2.05, 4.69) is 21.7 Å². The van der Waals surface area contributed by atoms with Crippen molar-refractivity contribution in [2.75, 3.05) is 6.54 Å². The number of nitrogens with two attached hydrogens (primary N) is 1. The van der Waals surface area contributed by atoms with Crippen LogP contribution in [-0.4, -0.2) is 22.2 Å². The van der Waals surface area contributed by atoms with Gasteiger partial charge in [0.15, 0.2) is 0 Å². The fraction of sp³-hybridized carbons (Fsp3) is 0.471. The van der Waals surface area contributed by atoms with Crippen LogP contribution < -0.4 is 10.5 Å². The highest BCUT2D eigenvalue weighted by molar-refractivity contribution is 5.33. The van der Waals surface area contributed by atoms with Gasteiger partial charge in [0.05, 0.1) is 12.4 Å². The minimum atomic E-state index is 0.215. The van der Waals surface area contributed by atoms with E-state index in [1.165, 1.54) is 18.4 Å². The third-order valence-corrected chi connectivity index (χ3v) is 4.24. The summed E-state index contributed by atoms with van der Waals surface area (Å²) >= 11 is 0. The van der Waals surface area contributed by atoms with Crippen LogP contribution in [-0.2, 0) is 6.42 Å². The molecule has 0 spiro atoms. The summed E-state index contributed by atoms with van der Waals surface area (Å²) < 4.78 is 8.56. The second-order valence-electron chi connectivity index (χ2n) is 5.66. The number of hydrogen-bond acceptors (Lipinski definition) is 3. The summed E-state index contributed by atoms with van der Waals surface area (Å²) in [5.74, 6) is 0.986. The summed E-state index contributed by atoms with van der Waals surface area (Å²) in [6.07, 6.45) is 11.6. The number of imidazole rings is 1. The molecule has 2 atom stereocenters. The molecule has 1 heterocycles. The van der Waals surface area contributed by atoms with Crippen LogP contribution in [0, 0.1) is 0 Å². The first-order valence-corrected chi connectivity index (χ1v) is 7.80. The number of rotatable bonds is 5. The maximum Gasteiger partial charge on any atom is 0.123 e. The van der Waals surface area contributed by atoms with Gasteiger partial charge in [-0.05, 0) is 43.9 Å². The Hall–Kier alpha value is -1.81. The monoisotopic (exact) mass is 285 g/mol. The summed E-state index contributed by atoms with van der Waals surface area (Å²) in [7, 11) is 0. The summed E-state index contributed by atoms with van der Waals surface area (Å²) in [5.41, 5.74) is 6.90. The second kappa shape index (κ2) is 6.76. The Labute approximate surface area is 125 Å². The molecule has 3 rings (SSSR count). The van der Waals surface area contributed by atoms with E-state index in [-0.39, 0.29) is 6.10 Å². The predicted octanol–water partition coefficient (Wildman–Crippen LogP) is 2.95. The lowest BCUT2D eigenvalue weighted by Gasteiger charge is -2.33. The van der Waals surface area contributed by atoms with Crippen molar-refractivity contribution >= 4 is 0 Å². The average molecular weight is 285 g/mol. The van der Waals surface area contributed by atoms with Gasteiger partial charge in [0.25, 0.3) is 0 Å². The molecule has 1 fully saturated rings. The van der Waals surface area contributed by atoms with E-state index in [4.69, 9.17) is 10.5 Å². The third kappa shape index (κ3) is 3.27. The smallest absolute Gasteiger partial charge is 0.123 e. The second-order valence-corrected chi connectivity index (χ2v) is 5.66. The van der Waals surface area contributed by atoms with Gasteiger partial charge < -0.3 is 15.0 Å². The number of benzene rings is 1. The lowest BCUT2D eigenvalue weighted by Crippen LogP contribution is -2.32. The first-order valence-electron chi connectivity index (χ1n) is 7.80. The molecule has 4 heteroatoms. The van der Waals surface area contributed by atoms with Crippen molar-refractivity contribution < 1.29 is 4.74 Å². The summed E-state index contributed by atoms with van der Waals surface area (Å²) in [6, 6.07) is 8.63. The Balaban J connectivity index is 1.79. The van der Waals surface area contributed by atoms with Crippen molar-refractivity contribution in [2.45, 2.75) is 44.2 Å². The Kier molecular flexibility index (Phi) is 4.55. The van der Waals surface area contributed by atoms with E-state index in [1.807, 2.05) is 30.9 Å². The first kappa shape index (κ1) is 14.1. The highest BCUT2D eigenvalue weighted by Gasteiger charge is 2.28. The Bertz CT molecular complexity index is 553. The fourth-order valence-corrected chi connectivity index (χ4v) is 3.17. The van der Waals surface area contributed by atoms with Crippen molar-refractivity contribution in [3.05, 3.63) is 48.5 Å². The molecule has 0 saturated heterocycles. The van der Waals surface area contributed by atoms with Gasteiger partial charge in [-0.25, -0.2) is 4.98 Å². The van der Waals surface area contributed by atoms with Crippen molar-refractivity contribution in [2.24, 2.45) is 5.73 Å². The van der Waals surface area contributed by atoms with E-state index < -0.39 is 0 Å². The zero-order valence-corrected chi connectivity index (χ0v) is 12.3. The molecular weight excluding hydrogens is 262 g/mol. The zero-order valence-electron chi connectivity index (χ0n) is 12.3. The highest BCUT2D eigenvalue weighted by Crippen LogP contribution is 2.33. The SMILES string of the molecule is NCCc1ccccc1OC1CCCCC1n1ccnc1. The molecule has 0 bridgehead atoms. The summed E-state index contributed by atoms with van der Waals surface area (Å²) in [6.45, 7) is 0.649. The molecule has 1 saturated carbocycles. The lowest BCUT2D eigenvalue weighted by molar-refractivity contribution is 0.0967. The summed E-state index contributed by atoms with van der Waals surface area (Å²) in [5, 5.41) is 0. The van der Waals surface area contributed by atoms with Crippen LogP contribution in [0.15, 0.2) is 43.0 Å². The number of nitrogens with zero attached hydrogens (tertiary/aromatic N) is 2. The Morgan fingerprint density at radius 2 is 2.10 bits per heavy atom. The number of ether oxygens (including phenoxy) is 1. The van der Waals surface area contributed by atoms with Crippen LogP contribution in [0.1, 0.15) is 37.3 Å². The first-order chi connectivity index (χ1) is 10.4. The molecule has 4 nitrogen and oxygen atoms in total. The molecule has 0 radical (unpaired) electrons. The molecule has 21 heavy (non-hydrogen) atoms. The predicted molar refractivity (Wildman–Crippen MR) is 83.3 cm³/mol. The van der Waals surface area contributed by atoms with Gasteiger partial charge in [-0.1, -0.05) is 24.6 Å². The molecular formula is C17H23N3O. The molecule has 1 aromatic heterocycles. The van der Waals surface area contributed by atoms with E-state index in [0.29, 0.717) is 12.6 Å². The van der Waals surface area contributed by atoms with Gasteiger partial charge in [-0.15, -0.1) is 0 Å². The van der Waals surface area contributed by atoms with Gasteiger partial charge in [-0.2, -0.15) is 0 Å². The number of hydrogen-bond donors (Lipinski definition) is 1. The zero-order chi connectivity index (χ0) is 14.5. The van der Waals surface area contributed by atoms with Crippen LogP contribution in [0.3, 0.4) is 0 Å². The van der Waals surface area contributed by atoms with E-state index in [0.717, 1.165) is 25.0 Å². The largest absolute Gasteiger partial charge is 0.488 e. The average Bonchev–Trinajstić information content (AvgIpc) is 3.04. The van der Waals surface area contributed by atoms with Crippen molar-refractivity contribution in [1.29, 1.82) is 0 Å². The van der Waals surface area contributed by atoms with Crippen LogP contribution >= 0.6 is 0 Å². The molecule has 2 aromatic rings. The van der Waals surface area contributed by atoms with Crippen LogP contribution in [0.25, 0.3) is 0 Å². The summed E-state index contributed by atoms with van der Waals surface area (Å²) in [4.78, 5) is 4.18. The minimum absolute atomic E-state index is 0.215.